The van der Waals surface area contributed by atoms with Crippen molar-refractivity contribution >= 4 is 10.0 Å². The molecular weight excluding hydrogens is 257 g/mol. The summed E-state index contributed by atoms with van der Waals surface area (Å²) in [5.74, 6) is 3.97. The van der Waals surface area contributed by atoms with Crippen LogP contribution in [-0.2, 0) is 10.0 Å². The lowest BCUT2D eigenvalue weighted by molar-refractivity contribution is 0.350. The van der Waals surface area contributed by atoms with E-state index in [-0.39, 0.29) is 17.1 Å². The van der Waals surface area contributed by atoms with Crippen molar-refractivity contribution in [1.29, 1.82) is 0 Å². The molecule has 0 spiro atoms. The van der Waals surface area contributed by atoms with Crippen molar-refractivity contribution < 1.29 is 17.9 Å². The Kier molecular flexibility index (Phi) is 5.28. The lowest BCUT2D eigenvalue weighted by Crippen LogP contribution is -2.24. The van der Waals surface area contributed by atoms with Crippen molar-refractivity contribution in [2.75, 3.05) is 13.2 Å². The summed E-state index contributed by atoms with van der Waals surface area (Å²) in [6, 6.07) is 3.47. The summed E-state index contributed by atoms with van der Waals surface area (Å²) in [6.07, 6.45) is 0.655. The van der Waals surface area contributed by atoms with Crippen LogP contribution >= 0.6 is 0 Å². The molecule has 0 aliphatic rings. The van der Waals surface area contributed by atoms with Crippen LogP contribution < -0.4 is 4.72 Å². The van der Waals surface area contributed by atoms with Gasteiger partial charge in [-0.15, -0.1) is 0 Å². The Balaban J connectivity index is 3.04. The molecule has 6 heteroatoms. The monoisotopic (exact) mass is 271 g/mol. The van der Waals surface area contributed by atoms with Crippen LogP contribution in [-0.4, -0.2) is 26.7 Å². The highest BCUT2D eigenvalue weighted by atomic mass is 32.2. The van der Waals surface area contributed by atoms with Gasteiger partial charge >= 0.3 is 0 Å². The van der Waals surface area contributed by atoms with Gasteiger partial charge < -0.3 is 5.11 Å². The Morgan fingerprint density at radius 2 is 2.17 bits per heavy atom. The van der Waals surface area contributed by atoms with Gasteiger partial charge in [-0.3, -0.25) is 0 Å². The number of aliphatic hydroxyl groups excluding tert-OH is 1. The molecule has 4 nitrogen and oxygen atoms in total. The minimum Gasteiger partial charge on any atom is -0.384 e. The van der Waals surface area contributed by atoms with Gasteiger partial charge in [0.1, 0.15) is 12.4 Å². The summed E-state index contributed by atoms with van der Waals surface area (Å²) in [5, 5.41) is 8.50. The largest absolute Gasteiger partial charge is 0.384 e. The van der Waals surface area contributed by atoms with E-state index in [0.717, 1.165) is 6.07 Å². The summed E-state index contributed by atoms with van der Waals surface area (Å²) in [6.45, 7) is 1.75. The third kappa shape index (κ3) is 3.81. The Hall–Kier alpha value is -1.42. The first-order chi connectivity index (χ1) is 8.51. The summed E-state index contributed by atoms with van der Waals surface area (Å²) in [7, 11) is -3.67. The van der Waals surface area contributed by atoms with Gasteiger partial charge in [-0.05, 0) is 24.6 Å². The van der Waals surface area contributed by atoms with E-state index >= 15 is 0 Å². The maximum Gasteiger partial charge on any atom is 0.240 e. The maximum absolute atomic E-state index is 13.5. The smallest absolute Gasteiger partial charge is 0.240 e. The molecule has 0 aliphatic heterocycles. The molecule has 0 radical (unpaired) electrons. The molecule has 1 aromatic rings. The van der Waals surface area contributed by atoms with Gasteiger partial charge in [0, 0.05) is 6.54 Å². The predicted molar refractivity (Wildman–Crippen MR) is 65.8 cm³/mol. The van der Waals surface area contributed by atoms with Crippen LogP contribution in [0.1, 0.15) is 18.9 Å². The van der Waals surface area contributed by atoms with Crippen LogP contribution in [0.15, 0.2) is 23.1 Å². The molecule has 0 aromatic heterocycles. The highest BCUT2D eigenvalue weighted by Crippen LogP contribution is 2.14. The first kappa shape index (κ1) is 14.6. The number of sulfonamides is 1. The normalized spacial score (nSPS) is 10.8. The van der Waals surface area contributed by atoms with E-state index in [9.17, 15) is 12.8 Å². The second kappa shape index (κ2) is 6.50. The SMILES string of the molecule is CCCNS(=O)(=O)c1ccc(C#CCO)c(F)c1. The molecule has 1 rings (SSSR count). The molecular formula is C12H14FNO3S. The Morgan fingerprint density at radius 1 is 1.44 bits per heavy atom. The van der Waals surface area contributed by atoms with Crippen LogP contribution in [0.3, 0.4) is 0 Å². The summed E-state index contributed by atoms with van der Waals surface area (Å²) in [5.41, 5.74) is 0.0542. The lowest BCUT2D eigenvalue weighted by atomic mass is 10.2. The molecule has 0 saturated heterocycles. The fourth-order valence-corrected chi connectivity index (χ4v) is 2.36. The number of hydrogen-bond acceptors (Lipinski definition) is 3. The van der Waals surface area contributed by atoms with Crippen LogP contribution in [0.4, 0.5) is 4.39 Å². The van der Waals surface area contributed by atoms with Gasteiger partial charge in [-0.2, -0.15) is 0 Å². The maximum atomic E-state index is 13.5. The standard InChI is InChI=1S/C12H14FNO3S/c1-2-7-14-18(16,17)11-6-5-10(4-3-8-15)12(13)9-11/h5-6,9,14-15H,2,7-8H2,1H3. The van der Waals surface area contributed by atoms with Gasteiger partial charge in [0.15, 0.2) is 0 Å². The third-order valence-electron chi connectivity index (χ3n) is 2.10. The molecule has 0 amide bonds. The zero-order chi connectivity index (χ0) is 13.6. The van der Waals surface area contributed by atoms with Crippen molar-refractivity contribution in [2.45, 2.75) is 18.2 Å². The fourth-order valence-electron chi connectivity index (χ4n) is 1.22. The van der Waals surface area contributed by atoms with Crippen molar-refractivity contribution in [1.82, 2.24) is 4.72 Å². The number of halogens is 1. The van der Waals surface area contributed by atoms with Gasteiger partial charge in [0.25, 0.3) is 0 Å². The molecule has 98 valence electrons. The van der Waals surface area contributed by atoms with E-state index in [1.807, 2.05) is 6.92 Å². The number of nitrogens with one attached hydrogen (secondary N) is 1. The third-order valence-corrected chi connectivity index (χ3v) is 3.55. The summed E-state index contributed by atoms with van der Waals surface area (Å²) in [4.78, 5) is -0.136. The molecule has 18 heavy (non-hydrogen) atoms. The Bertz CT molecular complexity index is 573. The van der Waals surface area contributed by atoms with Crippen molar-refractivity contribution in [2.24, 2.45) is 0 Å². The Morgan fingerprint density at radius 3 is 2.72 bits per heavy atom. The molecule has 0 bridgehead atoms. The van der Waals surface area contributed by atoms with E-state index < -0.39 is 15.8 Å². The highest BCUT2D eigenvalue weighted by molar-refractivity contribution is 7.89. The molecule has 0 saturated carbocycles. The lowest BCUT2D eigenvalue weighted by Gasteiger charge is -2.06. The first-order valence-electron chi connectivity index (χ1n) is 5.40. The second-order valence-electron chi connectivity index (χ2n) is 3.50. The zero-order valence-corrected chi connectivity index (χ0v) is 10.7. The quantitative estimate of drug-likeness (QED) is 0.798. The number of rotatable bonds is 4. The molecule has 1 aromatic carbocycles. The number of benzene rings is 1. The van der Waals surface area contributed by atoms with Crippen LogP contribution in [0.5, 0.6) is 0 Å². The van der Waals surface area contributed by atoms with Crippen LogP contribution in [0, 0.1) is 17.7 Å². The Labute approximate surface area is 106 Å². The molecule has 0 aliphatic carbocycles. The molecule has 2 N–H and O–H groups in total. The summed E-state index contributed by atoms with van der Waals surface area (Å²) >= 11 is 0. The predicted octanol–water partition coefficient (Wildman–Crippen LogP) is 0.858. The number of aliphatic hydroxyl groups is 1. The minimum absolute atomic E-state index is 0.0542. The van der Waals surface area contributed by atoms with Crippen molar-refractivity contribution in [3.63, 3.8) is 0 Å². The van der Waals surface area contributed by atoms with Crippen molar-refractivity contribution in [3.8, 4) is 11.8 Å². The molecule has 0 heterocycles. The molecule has 0 atom stereocenters. The van der Waals surface area contributed by atoms with E-state index in [1.165, 1.54) is 12.1 Å². The van der Waals surface area contributed by atoms with E-state index in [0.29, 0.717) is 13.0 Å². The summed E-state index contributed by atoms with van der Waals surface area (Å²) < 4.78 is 39.3. The van der Waals surface area contributed by atoms with E-state index in [2.05, 4.69) is 16.6 Å². The van der Waals surface area contributed by atoms with Crippen LogP contribution in [0.25, 0.3) is 0 Å². The van der Waals surface area contributed by atoms with Gasteiger partial charge in [0.05, 0.1) is 10.5 Å². The van der Waals surface area contributed by atoms with Crippen molar-refractivity contribution in [3.05, 3.63) is 29.6 Å². The van der Waals surface area contributed by atoms with Crippen LogP contribution in [0.2, 0.25) is 0 Å². The minimum atomic E-state index is -3.67. The molecule has 0 unspecified atom stereocenters. The van der Waals surface area contributed by atoms with E-state index in [1.54, 1.807) is 0 Å². The zero-order valence-electron chi connectivity index (χ0n) is 9.90. The average Bonchev–Trinajstić information content (AvgIpc) is 2.35. The van der Waals surface area contributed by atoms with Gasteiger partial charge in [-0.1, -0.05) is 18.8 Å². The second-order valence-corrected chi connectivity index (χ2v) is 5.27. The van der Waals surface area contributed by atoms with E-state index in [4.69, 9.17) is 5.11 Å². The number of hydrogen-bond donors (Lipinski definition) is 2. The fraction of sp³-hybridized carbons (Fsp3) is 0.333. The molecule has 0 fully saturated rings. The first-order valence-corrected chi connectivity index (χ1v) is 6.88. The topological polar surface area (TPSA) is 66.4 Å². The highest BCUT2D eigenvalue weighted by Gasteiger charge is 2.14. The van der Waals surface area contributed by atoms with Gasteiger partial charge in [0.2, 0.25) is 10.0 Å². The average molecular weight is 271 g/mol. The van der Waals surface area contributed by atoms with Gasteiger partial charge in [-0.25, -0.2) is 17.5 Å².